The van der Waals surface area contributed by atoms with Crippen LogP contribution in [-0.2, 0) is 0 Å². The third-order valence-corrected chi connectivity index (χ3v) is 4.84. The molecule has 1 aliphatic rings. The van der Waals surface area contributed by atoms with Crippen LogP contribution < -0.4 is 10.6 Å². The maximum Gasteiger partial charge on any atom is 0.293 e. The van der Waals surface area contributed by atoms with Crippen LogP contribution in [-0.4, -0.2) is 41.1 Å². The molecular weight excluding hydrogens is 368 g/mol. The molecule has 1 heterocycles. The number of ketones is 1. The highest BCUT2D eigenvalue weighted by Gasteiger charge is 2.22. The van der Waals surface area contributed by atoms with Crippen LogP contribution in [0, 0.1) is 10.1 Å². The number of nitrogens with zero attached hydrogens (tertiary/aromatic N) is 2. The number of carbonyl (C=O) groups is 2. The number of rotatable bonds is 5. The molecule has 9 heteroatoms. The van der Waals surface area contributed by atoms with Crippen molar-refractivity contribution in [2.24, 2.45) is 4.99 Å². The van der Waals surface area contributed by atoms with E-state index in [0.29, 0.717) is 17.4 Å². The Morgan fingerprint density at radius 3 is 2.56 bits per heavy atom. The summed E-state index contributed by atoms with van der Waals surface area (Å²) in [5, 5.41) is 17.2. The summed E-state index contributed by atoms with van der Waals surface area (Å²) in [5.74, 6) is -0.0986. The third kappa shape index (κ3) is 3.98. The first-order valence-corrected chi connectivity index (χ1v) is 9.08. The van der Waals surface area contributed by atoms with Gasteiger partial charge in [0.05, 0.1) is 17.0 Å². The second kappa shape index (κ2) is 8.00. The molecule has 0 saturated carbocycles. The largest absolute Gasteiger partial charge is 0.383 e. The van der Waals surface area contributed by atoms with E-state index in [1.165, 1.54) is 36.0 Å². The fourth-order valence-corrected chi connectivity index (χ4v) is 3.37. The van der Waals surface area contributed by atoms with Gasteiger partial charge >= 0.3 is 0 Å². The zero-order valence-electron chi connectivity index (χ0n) is 14.4. The van der Waals surface area contributed by atoms with Crippen LogP contribution in [0.4, 0.5) is 11.4 Å². The molecule has 2 aromatic carbocycles. The SMILES string of the molecule is CNc1ccc(C(=O)c2ccccc2C(=O)NC2=NCCS2)cc1[N+](=O)[O-]. The number of thioether (sulfide) groups is 1. The number of hydrogen-bond donors (Lipinski definition) is 2. The maximum absolute atomic E-state index is 12.9. The minimum atomic E-state index is -0.559. The van der Waals surface area contributed by atoms with Crippen molar-refractivity contribution in [2.45, 2.75) is 0 Å². The fourth-order valence-electron chi connectivity index (χ4n) is 2.65. The summed E-state index contributed by atoms with van der Waals surface area (Å²) >= 11 is 1.44. The third-order valence-electron chi connectivity index (χ3n) is 3.95. The Morgan fingerprint density at radius 1 is 1.19 bits per heavy atom. The summed E-state index contributed by atoms with van der Waals surface area (Å²) in [6.07, 6.45) is 0. The van der Waals surface area contributed by atoms with Gasteiger partial charge in [-0.25, -0.2) is 0 Å². The zero-order chi connectivity index (χ0) is 19.4. The van der Waals surface area contributed by atoms with E-state index in [1.54, 1.807) is 25.2 Å². The highest BCUT2D eigenvalue weighted by molar-refractivity contribution is 8.14. The Balaban J connectivity index is 1.95. The van der Waals surface area contributed by atoms with Gasteiger partial charge in [-0.15, -0.1) is 0 Å². The summed E-state index contributed by atoms with van der Waals surface area (Å²) in [7, 11) is 1.56. The number of anilines is 1. The quantitative estimate of drug-likeness (QED) is 0.465. The molecule has 27 heavy (non-hydrogen) atoms. The number of carbonyl (C=O) groups excluding carboxylic acids is 2. The van der Waals surface area contributed by atoms with Crippen molar-refractivity contribution in [1.29, 1.82) is 0 Å². The summed E-state index contributed by atoms with van der Waals surface area (Å²) < 4.78 is 0. The van der Waals surface area contributed by atoms with Crippen molar-refractivity contribution < 1.29 is 14.5 Å². The van der Waals surface area contributed by atoms with Gasteiger partial charge in [0.1, 0.15) is 5.69 Å². The number of amidine groups is 1. The molecule has 0 unspecified atom stereocenters. The molecule has 3 rings (SSSR count). The normalized spacial score (nSPS) is 13.0. The molecule has 1 amide bonds. The molecule has 0 bridgehead atoms. The van der Waals surface area contributed by atoms with Gasteiger partial charge in [-0.3, -0.25) is 24.7 Å². The van der Waals surface area contributed by atoms with Crippen LogP contribution in [0.2, 0.25) is 0 Å². The van der Waals surface area contributed by atoms with E-state index in [9.17, 15) is 19.7 Å². The Labute approximate surface area is 159 Å². The van der Waals surface area contributed by atoms with Crippen LogP contribution in [0.25, 0.3) is 0 Å². The Hall–Kier alpha value is -3.20. The molecule has 8 nitrogen and oxygen atoms in total. The highest BCUT2D eigenvalue weighted by Crippen LogP contribution is 2.27. The highest BCUT2D eigenvalue weighted by atomic mass is 32.2. The lowest BCUT2D eigenvalue weighted by atomic mass is 9.97. The number of amides is 1. The fraction of sp³-hybridized carbons (Fsp3) is 0.167. The molecule has 0 saturated heterocycles. The van der Waals surface area contributed by atoms with E-state index in [0.717, 1.165) is 5.75 Å². The standard InChI is InChI=1S/C18H16N4O4S/c1-19-14-7-6-11(10-15(14)22(25)26)16(23)12-4-2-3-5-13(12)17(24)21-18-20-8-9-27-18/h2-7,10,19H,8-9H2,1H3,(H,20,21,24). The van der Waals surface area contributed by atoms with Crippen molar-refractivity contribution in [1.82, 2.24) is 5.32 Å². The minimum Gasteiger partial charge on any atom is -0.383 e. The number of nitro groups is 1. The van der Waals surface area contributed by atoms with Crippen LogP contribution in [0.15, 0.2) is 47.5 Å². The molecule has 0 aliphatic carbocycles. The first-order chi connectivity index (χ1) is 13.0. The predicted octanol–water partition coefficient (Wildman–Crippen LogP) is 2.70. The van der Waals surface area contributed by atoms with Crippen molar-refractivity contribution in [2.75, 3.05) is 24.7 Å². The van der Waals surface area contributed by atoms with Crippen molar-refractivity contribution in [3.8, 4) is 0 Å². The van der Waals surface area contributed by atoms with Crippen molar-refractivity contribution >= 4 is 40.0 Å². The van der Waals surface area contributed by atoms with Gasteiger partial charge < -0.3 is 10.6 Å². The van der Waals surface area contributed by atoms with E-state index < -0.39 is 16.6 Å². The van der Waals surface area contributed by atoms with Crippen LogP contribution in [0.5, 0.6) is 0 Å². The van der Waals surface area contributed by atoms with E-state index >= 15 is 0 Å². The van der Waals surface area contributed by atoms with Crippen LogP contribution in [0.3, 0.4) is 0 Å². The average molecular weight is 384 g/mol. The van der Waals surface area contributed by atoms with E-state index in [-0.39, 0.29) is 22.4 Å². The first kappa shape index (κ1) is 18.6. The summed E-state index contributed by atoms with van der Waals surface area (Å²) in [5.41, 5.74) is 0.595. The predicted molar refractivity (Wildman–Crippen MR) is 105 cm³/mol. The lowest BCUT2D eigenvalue weighted by molar-refractivity contribution is -0.384. The summed E-state index contributed by atoms with van der Waals surface area (Å²) in [6, 6.07) is 10.5. The van der Waals surface area contributed by atoms with Gasteiger partial charge in [0.25, 0.3) is 11.6 Å². The molecule has 0 atom stereocenters. The van der Waals surface area contributed by atoms with Crippen LogP contribution >= 0.6 is 11.8 Å². The second-order valence-corrected chi connectivity index (χ2v) is 6.69. The smallest absolute Gasteiger partial charge is 0.293 e. The zero-order valence-corrected chi connectivity index (χ0v) is 15.2. The molecule has 138 valence electrons. The van der Waals surface area contributed by atoms with Gasteiger partial charge in [-0.1, -0.05) is 30.0 Å². The van der Waals surface area contributed by atoms with E-state index in [4.69, 9.17) is 0 Å². The monoisotopic (exact) mass is 384 g/mol. The molecular formula is C18H16N4O4S. The van der Waals surface area contributed by atoms with Crippen molar-refractivity contribution in [3.05, 3.63) is 69.3 Å². The minimum absolute atomic E-state index is 0.133. The molecule has 0 fully saturated rings. The Bertz CT molecular complexity index is 958. The number of benzene rings is 2. The number of nitro benzene ring substituents is 1. The van der Waals surface area contributed by atoms with Gasteiger partial charge in [0.15, 0.2) is 11.0 Å². The average Bonchev–Trinajstić information content (AvgIpc) is 3.19. The van der Waals surface area contributed by atoms with Gasteiger partial charge in [0.2, 0.25) is 0 Å². The van der Waals surface area contributed by atoms with E-state index in [1.807, 2.05) is 0 Å². The van der Waals surface area contributed by atoms with Gasteiger partial charge in [0, 0.05) is 30.0 Å². The molecule has 1 aliphatic heterocycles. The molecule has 2 aromatic rings. The van der Waals surface area contributed by atoms with Crippen LogP contribution in [0.1, 0.15) is 26.3 Å². The molecule has 0 spiro atoms. The first-order valence-electron chi connectivity index (χ1n) is 8.10. The Kier molecular flexibility index (Phi) is 5.51. The number of nitrogens with one attached hydrogen (secondary N) is 2. The summed E-state index contributed by atoms with van der Waals surface area (Å²) in [6.45, 7) is 0.641. The lowest BCUT2D eigenvalue weighted by Crippen LogP contribution is -2.29. The Morgan fingerprint density at radius 2 is 1.93 bits per heavy atom. The summed E-state index contributed by atoms with van der Waals surface area (Å²) in [4.78, 5) is 40.3. The number of hydrogen-bond acceptors (Lipinski definition) is 7. The molecule has 0 aromatic heterocycles. The van der Waals surface area contributed by atoms with Gasteiger partial charge in [-0.05, 0) is 18.2 Å². The maximum atomic E-state index is 12.9. The second-order valence-electron chi connectivity index (χ2n) is 5.60. The lowest BCUT2D eigenvalue weighted by Gasteiger charge is -2.10. The van der Waals surface area contributed by atoms with Crippen molar-refractivity contribution in [3.63, 3.8) is 0 Å². The van der Waals surface area contributed by atoms with E-state index in [2.05, 4.69) is 15.6 Å². The van der Waals surface area contributed by atoms with Gasteiger partial charge in [-0.2, -0.15) is 0 Å². The topological polar surface area (TPSA) is 114 Å². The molecule has 2 N–H and O–H groups in total. The number of aliphatic imine (C=N–C) groups is 1. The molecule has 0 radical (unpaired) electrons.